The van der Waals surface area contributed by atoms with Crippen LogP contribution in [-0.2, 0) is 17.8 Å². The van der Waals surface area contributed by atoms with Gasteiger partial charge in [-0.3, -0.25) is 4.90 Å². The van der Waals surface area contributed by atoms with Crippen molar-refractivity contribution in [2.75, 3.05) is 13.2 Å². The number of thiophene rings is 1. The van der Waals surface area contributed by atoms with Gasteiger partial charge in [-0.2, -0.15) is 11.3 Å². The third kappa shape index (κ3) is 3.60. The summed E-state index contributed by atoms with van der Waals surface area (Å²) in [7, 11) is 0. The Morgan fingerprint density at radius 3 is 2.87 bits per heavy atom. The fourth-order valence-corrected chi connectivity index (χ4v) is 3.75. The third-order valence-electron chi connectivity index (χ3n) is 4.20. The average molecular weight is 329 g/mol. The molecule has 0 saturated carbocycles. The smallest absolute Gasteiger partial charge is 0.135 e. The molecule has 1 aromatic carbocycles. The Bertz CT molecular complexity index is 750. The van der Waals surface area contributed by atoms with E-state index in [4.69, 9.17) is 9.37 Å². The summed E-state index contributed by atoms with van der Waals surface area (Å²) in [4.78, 5) is 2.45. The zero-order valence-corrected chi connectivity index (χ0v) is 13.7. The molecular weight excluding hydrogens is 310 g/mol. The van der Waals surface area contributed by atoms with E-state index in [1.54, 1.807) is 11.3 Å². The van der Waals surface area contributed by atoms with Gasteiger partial charge in [0.05, 0.1) is 6.10 Å². The highest BCUT2D eigenvalue weighted by atomic mass is 32.1. The first-order valence-corrected chi connectivity index (χ1v) is 8.87. The summed E-state index contributed by atoms with van der Waals surface area (Å²) in [5.41, 5.74) is 4.20. The third-order valence-corrected chi connectivity index (χ3v) is 4.93. The molecule has 1 fully saturated rings. The maximum atomic E-state index is 5.82. The lowest BCUT2D eigenvalue weighted by molar-refractivity contribution is 0.0679. The number of ether oxygens (including phenoxy) is 1. The molecule has 5 nitrogen and oxygen atoms in total. The predicted octanol–water partition coefficient (Wildman–Crippen LogP) is 3.47. The minimum absolute atomic E-state index is 0.353. The van der Waals surface area contributed by atoms with E-state index in [9.17, 15) is 0 Å². The molecule has 0 unspecified atom stereocenters. The van der Waals surface area contributed by atoms with E-state index in [1.165, 1.54) is 17.5 Å². The van der Waals surface area contributed by atoms with E-state index >= 15 is 0 Å². The monoisotopic (exact) mass is 329 g/mol. The van der Waals surface area contributed by atoms with Gasteiger partial charge in [0, 0.05) is 26.2 Å². The van der Waals surface area contributed by atoms with Crippen molar-refractivity contribution in [2.24, 2.45) is 0 Å². The van der Waals surface area contributed by atoms with Gasteiger partial charge in [-0.15, -0.1) is 0 Å². The van der Waals surface area contributed by atoms with Crippen LogP contribution in [0.4, 0.5) is 0 Å². The summed E-state index contributed by atoms with van der Waals surface area (Å²) in [6, 6.07) is 8.32. The van der Waals surface area contributed by atoms with Gasteiger partial charge in [0.2, 0.25) is 0 Å². The van der Waals surface area contributed by atoms with E-state index in [-0.39, 0.29) is 0 Å². The first kappa shape index (κ1) is 14.8. The highest BCUT2D eigenvalue weighted by molar-refractivity contribution is 7.07. The van der Waals surface area contributed by atoms with Gasteiger partial charge < -0.3 is 4.74 Å². The molecule has 0 aliphatic carbocycles. The average Bonchev–Trinajstić information content (AvgIpc) is 3.29. The molecule has 0 spiro atoms. The molecule has 1 aliphatic rings. The summed E-state index contributed by atoms with van der Waals surface area (Å²) in [5, 5.41) is 12.1. The second kappa shape index (κ2) is 6.78. The van der Waals surface area contributed by atoms with Crippen LogP contribution >= 0.6 is 11.3 Å². The van der Waals surface area contributed by atoms with Gasteiger partial charge in [0.25, 0.3) is 0 Å². The quantitative estimate of drug-likeness (QED) is 0.693. The molecule has 1 atom stereocenters. The van der Waals surface area contributed by atoms with E-state index < -0.39 is 0 Å². The molecule has 6 heteroatoms. The van der Waals surface area contributed by atoms with Crippen LogP contribution in [0, 0.1) is 0 Å². The van der Waals surface area contributed by atoms with Crippen molar-refractivity contribution >= 4 is 22.4 Å². The number of aromatic nitrogens is 2. The first-order valence-electron chi connectivity index (χ1n) is 7.93. The fourth-order valence-electron chi connectivity index (χ4n) is 3.09. The molecule has 0 N–H and O–H groups in total. The van der Waals surface area contributed by atoms with Gasteiger partial charge in [-0.25, -0.2) is 4.63 Å². The Labute approximate surface area is 138 Å². The first-order chi connectivity index (χ1) is 11.4. The van der Waals surface area contributed by atoms with Crippen LogP contribution in [-0.4, -0.2) is 34.5 Å². The van der Waals surface area contributed by atoms with Crippen molar-refractivity contribution in [1.29, 1.82) is 0 Å². The largest absolute Gasteiger partial charge is 0.377 e. The highest BCUT2D eigenvalue weighted by Gasteiger charge is 2.20. The normalized spacial score (nSPS) is 18.2. The van der Waals surface area contributed by atoms with Gasteiger partial charge >= 0.3 is 0 Å². The second-order valence-corrected chi connectivity index (χ2v) is 6.80. The zero-order valence-electron chi connectivity index (χ0n) is 12.9. The van der Waals surface area contributed by atoms with Crippen molar-refractivity contribution in [3.8, 4) is 0 Å². The maximum absolute atomic E-state index is 5.82. The van der Waals surface area contributed by atoms with Crippen molar-refractivity contribution in [1.82, 2.24) is 15.2 Å². The van der Waals surface area contributed by atoms with Crippen molar-refractivity contribution < 1.29 is 9.37 Å². The molecule has 1 aliphatic heterocycles. The molecule has 4 rings (SSSR count). The van der Waals surface area contributed by atoms with Crippen LogP contribution in [0.5, 0.6) is 0 Å². The van der Waals surface area contributed by atoms with E-state index in [1.807, 2.05) is 6.07 Å². The molecule has 3 aromatic rings. The minimum atomic E-state index is 0.353. The van der Waals surface area contributed by atoms with E-state index in [0.717, 1.165) is 43.7 Å². The Hall–Kier alpha value is -1.76. The lowest BCUT2D eigenvalue weighted by Gasteiger charge is -2.25. The predicted molar refractivity (Wildman–Crippen MR) is 89.2 cm³/mol. The van der Waals surface area contributed by atoms with Crippen LogP contribution in [0.15, 0.2) is 39.7 Å². The standard InChI is InChI=1S/C17H19N3O2S/c1-2-15(21-6-1)11-20(10-14-5-7-23-12-14)9-13-3-4-16-17(8-13)19-22-18-16/h3-5,7-8,12,15H,1-2,6,9-11H2/t15-/m1/s1. The number of hydrogen-bond acceptors (Lipinski definition) is 6. The van der Waals surface area contributed by atoms with Crippen LogP contribution in [0.3, 0.4) is 0 Å². The minimum Gasteiger partial charge on any atom is -0.377 e. The van der Waals surface area contributed by atoms with Gasteiger partial charge in [-0.05, 0) is 63.2 Å². The summed E-state index contributed by atoms with van der Waals surface area (Å²) >= 11 is 1.75. The number of hydrogen-bond donors (Lipinski definition) is 0. The van der Waals surface area contributed by atoms with Crippen molar-refractivity contribution in [3.05, 3.63) is 46.2 Å². The molecule has 0 amide bonds. The molecule has 0 radical (unpaired) electrons. The number of fused-ring (bicyclic) bond motifs is 1. The van der Waals surface area contributed by atoms with E-state index in [2.05, 4.69) is 44.2 Å². The fraction of sp³-hybridized carbons (Fsp3) is 0.412. The highest BCUT2D eigenvalue weighted by Crippen LogP contribution is 2.19. The summed E-state index contributed by atoms with van der Waals surface area (Å²) in [5.74, 6) is 0. The van der Waals surface area contributed by atoms with E-state index in [0.29, 0.717) is 6.10 Å². The topological polar surface area (TPSA) is 51.4 Å². The summed E-state index contributed by atoms with van der Waals surface area (Å²) < 4.78 is 10.6. The molecule has 2 aromatic heterocycles. The Balaban J connectivity index is 1.50. The maximum Gasteiger partial charge on any atom is 0.135 e. The van der Waals surface area contributed by atoms with Gasteiger partial charge in [-0.1, -0.05) is 6.07 Å². The van der Waals surface area contributed by atoms with Gasteiger partial charge in [0.1, 0.15) is 11.0 Å². The Kier molecular flexibility index (Phi) is 4.37. The molecule has 0 bridgehead atoms. The Morgan fingerprint density at radius 2 is 2.04 bits per heavy atom. The molecular formula is C17H19N3O2S. The molecule has 23 heavy (non-hydrogen) atoms. The van der Waals surface area contributed by atoms with Crippen molar-refractivity contribution in [3.63, 3.8) is 0 Å². The lowest BCUT2D eigenvalue weighted by atomic mass is 10.1. The second-order valence-electron chi connectivity index (χ2n) is 6.02. The zero-order chi connectivity index (χ0) is 15.5. The van der Waals surface area contributed by atoms with Gasteiger partial charge in [0.15, 0.2) is 0 Å². The molecule has 120 valence electrons. The van der Waals surface area contributed by atoms with Crippen molar-refractivity contribution in [2.45, 2.75) is 32.0 Å². The van der Waals surface area contributed by atoms with Crippen LogP contribution < -0.4 is 0 Å². The number of rotatable bonds is 6. The van der Waals surface area contributed by atoms with Crippen LogP contribution in [0.25, 0.3) is 11.0 Å². The summed E-state index contributed by atoms with van der Waals surface area (Å²) in [6.45, 7) is 3.68. The number of benzene rings is 1. The lowest BCUT2D eigenvalue weighted by Crippen LogP contribution is -2.31. The molecule has 3 heterocycles. The summed E-state index contributed by atoms with van der Waals surface area (Å²) in [6.07, 6.45) is 2.69. The molecule has 1 saturated heterocycles. The SMILES string of the molecule is c1cc(CN(Cc2ccc3nonc3c2)C[C@H]2CCCO2)cs1. The van der Waals surface area contributed by atoms with Crippen LogP contribution in [0.2, 0.25) is 0 Å². The Morgan fingerprint density at radius 1 is 1.13 bits per heavy atom. The van der Waals surface area contributed by atoms with Crippen LogP contribution in [0.1, 0.15) is 24.0 Å². The number of nitrogens with zero attached hydrogens (tertiary/aromatic N) is 3.